The highest BCUT2D eigenvalue weighted by molar-refractivity contribution is 5.97. The minimum atomic E-state index is -5.08. The summed E-state index contributed by atoms with van der Waals surface area (Å²) in [6, 6.07) is 4.40. The van der Waals surface area contributed by atoms with Crippen LogP contribution in [0, 0.1) is 5.92 Å². The number of nitrogens with two attached hydrogens (primary N) is 2. The molecule has 6 rings (SSSR count). The third-order valence-electron chi connectivity index (χ3n) is 17.2. The number of para-hydroxylation sites is 1. The molecule has 0 saturated carbocycles. The Kier molecular flexibility index (Phi) is 40.3. The zero-order valence-electron chi connectivity index (χ0n) is 61.7. The molecule has 34 nitrogen and oxygen atoms in total. The average Bonchev–Trinajstić information content (AvgIpc) is 1.49. The molecule has 2 aromatic heterocycles. The van der Waals surface area contributed by atoms with Crippen LogP contribution in [-0.4, -0.2) is 266 Å². The number of rotatable bonds is 52. The number of aryl methyl sites for hydroxylation is 1. The van der Waals surface area contributed by atoms with Crippen LogP contribution in [0.3, 0.4) is 0 Å². The second kappa shape index (κ2) is 48.2. The standard InChI is InChI=1S/C69H104N10O22.C2HF3O2/c1-5-47-48-12-7-8-13-52(48)76-62-49(47)44-79-56(62)42-51-50(65(79)87)45-100-68(90)69(51,6-2)101-67(89)61(46(3)4)77-64(86)55-15-11-23-78(55)66(88)54(43-60(83)84)75-59(82)18-26-93-32-38-99-41-35-96-29-22-73-63(85)53(74-58(81)17-25-92-31-37-98-40-34-95-28-20-71)14-9-10-21-72-57(80)16-24-91-30-36-97-39-33-94-27-19-70;3-2(4,5)1(6)7/h7-8,12-13,42,46,53-55,61H,5-6,9-11,14-41,43-45,70-71H2,1-4H3,(H,72,80)(H,73,85)(H,74,81)(H,75,82)(H,77,86)(H,83,84);(H,6,7)/t53-,54-,55-,61-,69-;/m0./s1. The van der Waals surface area contributed by atoms with E-state index in [1.165, 1.54) is 4.90 Å². The molecule has 5 atom stereocenters. The predicted octanol–water partition coefficient (Wildman–Crippen LogP) is 1.04. The number of aromatic nitrogens is 2. The van der Waals surface area contributed by atoms with Gasteiger partial charge in [-0.1, -0.05) is 45.9 Å². The van der Waals surface area contributed by atoms with Gasteiger partial charge in [0.1, 0.15) is 30.8 Å². The van der Waals surface area contributed by atoms with Crippen molar-refractivity contribution < 1.29 is 123 Å². The second-order valence-corrected chi connectivity index (χ2v) is 25.3. The molecular weight excluding hydrogens is 1430 g/mol. The highest BCUT2D eigenvalue weighted by atomic mass is 19.4. The van der Waals surface area contributed by atoms with E-state index in [2.05, 4.69) is 26.6 Å². The number of carboxylic acids is 2. The van der Waals surface area contributed by atoms with Crippen LogP contribution in [0.4, 0.5) is 13.2 Å². The number of alkyl halides is 3. The summed E-state index contributed by atoms with van der Waals surface area (Å²) in [7, 11) is 0. The fourth-order valence-electron chi connectivity index (χ4n) is 11.8. The largest absolute Gasteiger partial charge is 0.490 e. The maximum Gasteiger partial charge on any atom is 0.490 e. The van der Waals surface area contributed by atoms with E-state index in [0.29, 0.717) is 123 Å². The molecule has 3 aromatic rings. The van der Waals surface area contributed by atoms with E-state index >= 15 is 0 Å². The van der Waals surface area contributed by atoms with E-state index in [1.807, 2.05) is 31.2 Å². The minimum absolute atomic E-state index is 0.0123. The van der Waals surface area contributed by atoms with Crippen molar-refractivity contribution in [2.24, 2.45) is 17.4 Å². The lowest BCUT2D eigenvalue weighted by Crippen LogP contribution is -2.57. The molecule has 0 radical (unpaired) electrons. The van der Waals surface area contributed by atoms with Gasteiger partial charge in [-0.15, -0.1) is 0 Å². The molecule has 1 fully saturated rings. The lowest BCUT2D eigenvalue weighted by atomic mass is 9.85. The monoisotopic (exact) mass is 1540 g/mol. The normalized spacial score (nSPS) is 15.9. The molecule has 11 N–H and O–H groups in total. The van der Waals surface area contributed by atoms with Gasteiger partial charge >= 0.3 is 30.1 Å². The number of likely N-dealkylation sites (tertiary alicyclic amines) is 1. The minimum Gasteiger partial charge on any atom is -0.481 e. The Labute approximate surface area is 623 Å². The lowest BCUT2D eigenvalue weighted by molar-refractivity contribution is -0.192. The molecule has 3 aliphatic heterocycles. The van der Waals surface area contributed by atoms with E-state index in [4.69, 9.17) is 78.5 Å². The Hall–Kier alpha value is -8.37. The Morgan fingerprint density at radius 1 is 0.676 bits per heavy atom. The molecule has 3 aliphatic rings. The highest BCUT2D eigenvalue weighted by Crippen LogP contribution is 2.42. The number of carbonyl (C=O) groups excluding carboxylic acids is 8. The molecule has 37 heteroatoms. The molecule has 108 heavy (non-hydrogen) atoms. The Morgan fingerprint density at radius 3 is 1.73 bits per heavy atom. The molecule has 1 aromatic carbocycles. The molecule has 0 aliphatic carbocycles. The van der Waals surface area contributed by atoms with E-state index in [1.54, 1.807) is 31.4 Å². The number of carboxylic acid groups (broad SMARTS) is 2. The van der Waals surface area contributed by atoms with E-state index in [0.717, 1.165) is 22.0 Å². The van der Waals surface area contributed by atoms with Crippen molar-refractivity contribution in [2.45, 2.75) is 147 Å². The van der Waals surface area contributed by atoms with Crippen molar-refractivity contribution >= 4 is 70.2 Å². The van der Waals surface area contributed by atoms with Crippen LogP contribution in [0.1, 0.15) is 114 Å². The van der Waals surface area contributed by atoms with Crippen LogP contribution in [0.15, 0.2) is 35.1 Å². The number of carbonyl (C=O) groups is 10. The number of nitrogens with one attached hydrogen (secondary N) is 5. The number of fused-ring (bicyclic) bond motifs is 5. The average molecular weight is 1540 g/mol. The SMILES string of the molecule is CCc1c2c(nc3ccccc13)-c1cc3c(c(=O)n1C2)COC(=O)[C@@]3(CC)OC(=O)[C@@H](NC(=O)[C@@H]1CCCN1C(=O)[C@H](CC(=O)O)NC(=O)CCOCCOCCOCCNC(=O)[C@H](CCCCNC(=O)CCOCCOCCOCCN)NC(=O)CCOCCOCCOCCN)C(C)C.O=C(O)C(F)(F)F. The number of aliphatic carboxylic acids is 2. The Balaban J connectivity index is 0.00000284. The van der Waals surface area contributed by atoms with Crippen LogP contribution in [0.25, 0.3) is 22.3 Å². The summed E-state index contributed by atoms with van der Waals surface area (Å²) >= 11 is 0. The summed E-state index contributed by atoms with van der Waals surface area (Å²) in [6.45, 7) is 13.0. The van der Waals surface area contributed by atoms with Crippen molar-refractivity contribution in [1.29, 1.82) is 0 Å². The van der Waals surface area contributed by atoms with Crippen molar-refractivity contribution in [2.75, 3.05) is 152 Å². The molecule has 0 unspecified atom stereocenters. The van der Waals surface area contributed by atoms with Gasteiger partial charge in [-0.2, -0.15) is 13.2 Å². The highest BCUT2D eigenvalue weighted by Gasteiger charge is 2.52. The number of unbranched alkanes of at least 4 members (excludes halogenated alkanes) is 1. The van der Waals surface area contributed by atoms with Gasteiger partial charge < -0.3 is 110 Å². The third-order valence-corrected chi connectivity index (χ3v) is 17.2. The van der Waals surface area contributed by atoms with Crippen LogP contribution in [-0.2, 0) is 125 Å². The maximum absolute atomic E-state index is 14.5. The molecule has 6 amide bonds. The summed E-state index contributed by atoms with van der Waals surface area (Å²) < 4.78 is 94.1. The first kappa shape index (κ1) is 90.2. The quantitative estimate of drug-likeness (QED) is 0.0220. The Bertz CT molecular complexity index is 3480. The summed E-state index contributed by atoms with van der Waals surface area (Å²) in [5.74, 6) is -9.89. The van der Waals surface area contributed by atoms with Gasteiger partial charge in [0.2, 0.25) is 41.0 Å². The van der Waals surface area contributed by atoms with Gasteiger partial charge in [0, 0.05) is 68.5 Å². The first-order chi connectivity index (χ1) is 51.8. The van der Waals surface area contributed by atoms with Gasteiger partial charge in [0.15, 0.2) is 0 Å². The van der Waals surface area contributed by atoms with Crippen LogP contribution < -0.4 is 43.6 Å². The number of halogens is 3. The molecule has 0 spiro atoms. The summed E-state index contributed by atoms with van der Waals surface area (Å²) in [5, 5.41) is 31.5. The van der Waals surface area contributed by atoms with E-state index in [-0.39, 0.29) is 141 Å². The first-order valence-corrected chi connectivity index (χ1v) is 36.3. The lowest BCUT2D eigenvalue weighted by Gasteiger charge is -2.37. The van der Waals surface area contributed by atoms with Crippen LogP contribution in [0.5, 0.6) is 0 Å². The number of benzene rings is 1. The fourth-order valence-corrected chi connectivity index (χ4v) is 11.8. The molecule has 1 saturated heterocycles. The Morgan fingerprint density at radius 2 is 1.20 bits per heavy atom. The number of hydrogen-bond donors (Lipinski definition) is 9. The van der Waals surface area contributed by atoms with Crippen LogP contribution in [0.2, 0.25) is 0 Å². The second-order valence-electron chi connectivity index (χ2n) is 25.3. The molecule has 604 valence electrons. The van der Waals surface area contributed by atoms with Gasteiger partial charge in [0.25, 0.3) is 5.56 Å². The number of pyridine rings is 2. The van der Waals surface area contributed by atoms with Crippen molar-refractivity contribution in [1.82, 2.24) is 41.0 Å². The van der Waals surface area contributed by atoms with Gasteiger partial charge in [-0.25, -0.2) is 19.4 Å². The number of hydrogen-bond acceptors (Lipinski definition) is 25. The van der Waals surface area contributed by atoms with Gasteiger partial charge in [0.05, 0.1) is 154 Å². The zero-order chi connectivity index (χ0) is 79.0. The van der Waals surface area contributed by atoms with Crippen molar-refractivity contribution in [3.05, 3.63) is 62.9 Å². The fraction of sp³-hybridized carbons (Fsp3) is 0.662. The molecule has 5 heterocycles. The maximum atomic E-state index is 14.5. The first-order valence-electron chi connectivity index (χ1n) is 36.3. The molecule has 0 bridgehead atoms. The van der Waals surface area contributed by atoms with Crippen LogP contribution >= 0.6 is 0 Å². The summed E-state index contributed by atoms with van der Waals surface area (Å²) in [5.41, 5.74) is 12.3. The number of nitrogens with zero attached hydrogens (tertiary/aromatic N) is 3. The number of esters is 2. The summed E-state index contributed by atoms with van der Waals surface area (Å²) in [4.78, 5) is 150. The van der Waals surface area contributed by atoms with Gasteiger partial charge in [-0.3, -0.25) is 38.4 Å². The number of ether oxygens (including phenoxy) is 11. The zero-order valence-corrected chi connectivity index (χ0v) is 61.7. The van der Waals surface area contributed by atoms with E-state index in [9.17, 15) is 66.2 Å². The molecular formula is C71H105F3N10O24. The third kappa shape index (κ3) is 29.2. The van der Waals surface area contributed by atoms with E-state index < -0.39 is 101 Å². The topological polar surface area (TPSA) is 463 Å². The van der Waals surface area contributed by atoms with Gasteiger partial charge in [-0.05, 0) is 68.6 Å². The van der Waals surface area contributed by atoms with Crippen molar-refractivity contribution in [3.63, 3.8) is 0 Å². The predicted molar refractivity (Wildman–Crippen MR) is 378 cm³/mol. The number of amides is 6. The smallest absolute Gasteiger partial charge is 0.481 e. The van der Waals surface area contributed by atoms with Crippen molar-refractivity contribution in [3.8, 4) is 11.4 Å². The number of cyclic esters (lactones) is 1. The summed E-state index contributed by atoms with van der Waals surface area (Å²) in [6.07, 6.45) is -3.55.